The fourth-order valence-corrected chi connectivity index (χ4v) is 2.72. The highest BCUT2D eigenvalue weighted by molar-refractivity contribution is 8.00. The van der Waals surface area contributed by atoms with Gasteiger partial charge < -0.3 is 10.6 Å². The van der Waals surface area contributed by atoms with Crippen molar-refractivity contribution >= 4 is 11.8 Å². The first-order valence-corrected chi connectivity index (χ1v) is 6.31. The number of hydrogen-bond acceptors (Lipinski definition) is 3. The number of rotatable bonds is 4. The molecule has 0 saturated carbocycles. The molecule has 1 fully saturated rings. The molecule has 0 bridgehead atoms. The summed E-state index contributed by atoms with van der Waals surface area (Å²) in [6.07, 6.45) is 1.32. The van der Waals surface area contributed by atoms with Gasteiger partial charge in [0.25, 0.3) is 0 Å². The molecule has 78 valence electrons. The number of hydrogen-bond donors (Lipinski definition) is 1. The molecule has 0 aromatic rings. The molecule has 1 aliphatic heterocycles. The van der Waals surface area contributed by atoms with Crippen molar-refractivity contribution in [3.8, 4) is 0 Å². The van der Waals surface area contributed by atoms with E-state index in [4.69, 9.17) is 5.73 Å². The third-order valence-electron chi connectivity index (χ3n) is 2.51. The van der Waals surface area contributed by atoms with Crippen LogP contribution in [-0.2, 0) is 0 Å². The molecular formula is C10H22N2S. The Bertz CT molecular complexity index is 139. The van der Waals surface area contributed by atoms with Crippen molar-refractivity contribution < 1.29 is 0 Å². The zero-order chi connectivity index (χ0) is 9.68. The quantitative estimate of drug-likeness (QED) is 0.747. The van der Waals surface area contributed by atoms with Crippen molar-refractivity contribution in [3.63, 3.8) is 0 Å². The summed E-state index contributed by atoms with van der Waals surface area (Å²) in [5, 5.41) is 0.681. The first-order chi connectivity index (χ1) is 6.22. The normalized spacial score (nSPS) is 25.4. The Balaban J connectivity index is 2.18. The molecule has 1 heterocycles. The van der Waals surface area contributed by atoms with Crippen molar-refractivity contribution in [2.75, 3.05) is 31.9 Å². The van der Waals surface area contributed by atoms with Crippen LogP contribution in [0, 0.1) is 5.92 Å². The van der Waals surface area contributed by atoms with Crippen molar-refractivity contribution in [1.82, 2.24) is 4.90 Å². The standard InChI is InChI=1S/C10H22N2S/c1-9(2)3-4-12-5-6-13-10(7-11)8-12/h9-10H,3-8,11H2,1-2H3. The third-order valence-corrected chi connectivity index (χ3v) is 3.74. The van der Waals surface area contributed by atoms with E-state index < -0.39 is 0 Å². The first kappa shape index (κ1) is 11.3. The summed E-state index contributed by atoms with van der Waals surface area (Å²) in [4.78, 5) is 2.56. The molecule has 3 heteroatoms. The number of nitrogens with two attached hydrogens (primary N) is 1. The molecule has 0 aliphatic carbocycles. The zero-order valence-corrected chi connectivity index (χ0v) is 9.65. The van der Waals surface area contributed by atoms with Gasteiger partial charge in [0.05, 0.1) is 0 Å². The van der Waals surface area contributed by atoms with Crippen LogP contribution in [0.1, 0.15) is 20.3 Å². The highest BCUT2D eigenvalue weighted by Crippen LogP contribution is 2.18. The summed E-state index contributed by atoms with van der Waals surface area (Å²) >= 11 is 2.03. The molecule has 0 spiro atoms. The van der Waals surface area contributed by atoms with Crippen molar-refractivity contribution in [2.24, 2.45) is 11.7 Å². The lowest BCUT2D eigenvalue weighted by molar-refractivity contribution is 0.266. The van der Waals surface area contributed by atoms with Crippen molar-refractivity contribution in [1.29, 1.82) is 0 Å². The van der Waals surface area contributed by atoms with Crippen LogP contribution >= 0.6 is 11.8 Å². The fraction of sp³-hybridized carbons (Fsp3) is 1.00. The van der Waals surface area contributed by atoms with E-state index in [1.54, 1.807) is 0 Å². The van der Waals surface area contributed by atoms with Crippen LogP contribution < -0.4 is 5.73 Å². The minimum atomic E-state index is 0.681. The average Bonchev–Trinajstić information content (AvgIpc) is 2.15. The lowest BCUT2D eigenvalue weighted by Gasteiger charge is -2.32. The van der Waals surface area contributed by atoms with Gasteiger partial charge in [-0.2, -0.15) is 11.8 Å². The van der Waals surface area contributed by atoms with Gasteiger partial charge in [-0.15, -0.1) is 0 Å². The van der Waals surface area contributed by atoms with E-state index in [-0.39, 0.29) is 0 Å². The monoisotopic (exact) mass is 202 g/mol. The summed E-state index contributed by atoms with van der Waals surface area (Å²) in [5.74, 6) is 2.09. The van der Waals surface area contributed by atoms with E-state index in [0.717, 1.165) is 12.5 Å². The molecule has 0 aromatic carbocycles. The molecular weight excluding hydrogens is 180 g/mol. The van der Waals surface area contributed by atoms with Gasteiger partial charge in [0.15, 0.2) is 0 Å². The Morgan fingerprint density at radius 1 is 1.54 bits per heavy atom. The van der Waals surface area contributed by atoms with E-state index in [1.165, 1.54) is 31.8 Å². The topological polar surface area (TPSA) is 29.3 Å². The molecule has 1 atom stereocenters. The lowest BCUT2D eigenvalue weighted by Crippen LogP contribution is -2.41. The number of thioether (sulfide) groups is 1. The molecule has 2 N–H and O–H groups in total. The highest BCUT2D eigenvalue weighted by atomic mass is 32.2. The van der Waals surface area contributed by atoms with E-state index in [1.807, 2.05) is 11.8 Å². The highest BCUT2D eigenvalue weighted by Gasteiger charge is 2.18. The Kier molecular flexibility index (Phi) is 5.14. The molecule has 0 amide bonds. The van der Waals surface area contributed by atoms with Gasteiger partial charge in [0.2, 0.25) is 0 Å². The van der Waals surface area contributed by atoms with E-state index in [0.29, 0.717) is 5.25 Å². The Morgan fingerprint density at radius 2 is 2.31 bits per heavy atom. The second-order valence-electron chi connectivity index (χ2n) is 4.21. The molecule has 13 heavy (non-hydrogen) atoms. The van der Waals surface area contributed by atoms with Crippen LogP contribution in [0.5, 0.6) is 0 Å². The largest absolute Gasteiger partial charge is 0.329 e. The zero-order valence-electron chi connectivity index (χ0n) is 8.83. The predicted molar refractivity (Wildman–Crippen MR) is 61.2 cm³/mol. The first-order valence-electron chi connectivity index (χ1n) is 5.26. The maximum atomic E-state index is 5.67. The molecule has 0 aromatic heterocycles. The third kappa shape index (κ3) is 4.34. The average molecular weight is 202 g/mol. The summed E-state index contributed by atoms with van der Waals surface area (Å²) in [7, 11) is 0. The molecule has 1 rings (SSSR count). The van der Waals surface area contributed by atoms with Crippen LogP contribution in [0.25, 0.3) is 0 Å². The second-order valence-corrected chi connectivity index (χ2v) is 5.62. The molecule has 0 radical (unpaired) electrons. The minimum Gasteiger partial charge on any atom is -0.329 e. The maximum absolute atomic E-state index is 5.67. The SMILES string of the molecule is CC(C)CCN1CCSC(CN)C1. The van der Waals surface area contributed by atoms with Crippen LogP contribution in [-0.4, -0.2) is 42.1 Å². The van der Waals surface area contributed by atoms with Crippen LogP contribution in [0.4, 0.5) is 0 Å². The molecule has 1 saturated heterocycles. The van der Waals surface area contributed by atoms with Gasteiger partial charge in [-0.05, 0) is 18.9 Å². The fourth-order valence-electron chi connectivity index (χ4n) is 1.57. The van der Waals surface area contributed by atoms with E-state index >= 15 is 0 Å². The van der Waals surface area contributed by atoms with Gasteiger partial charge in [0.1, 0.15) is 0 Å². The van der Waals surface area contributed by atoms with E-state index in [2.05, 4.69) is 18.7 Å². The van der Waals surface area contributed by atoms with Crippen molar-refractivity contribution in [3.05, 3.63) is 0 Å². The van der Waals surface area contributed by atoms with Crippen LogP contribution in [0.2, 0.25) is 0 Å². The predicted octanol–water partition coefficient (Wildman–Crippen LogP) is 1.41. The lowest BCUT2D eigenvalue weighted by atomic mass is 10.1. The van der Waals surface area contributed by atoms with Gasteiger partial charge in [-0.1, -0.05) is 13.8 Å². The van der Waals surface area contributed by atoms with Crippen LogP contribution in [0.15, 0.2) is 0 Å². The van der Waals surface area contributed by atoms with Gasteiger partial charge >= 0.3 is 0 Å². The molecule has 1 aliphatic rings. The van der Waals surface area contributed by atoms with Gasteiger partial charge in [0, 0.05) is 30.6 Å². The summed E-state index contributed by atoms with van der Waals surface area (Å²) < 4.78 is 0. The maximum Gasteiger partial charge on any atom is 0.0298 e. The van der Waals surface area contributed by atoms with Gasteiger partial charge in [-0.25, -0.2) is 0 Å². The van der Waals surface area contributed by atoms with E-state index in [9.17, 15) is 0 Å². The van der Waals surface area contributed by atoms with Crippen LogP contribution in [0.3, 0.4) is 0 Å². The molecule has 1 unspecified atom stereocenters. The van der Waals surface area contributed by atoms with Gasteiger partial charge in [-0.3, -0.25) is 0 Å². The second kappa shape index (κ2) is 5.89. The number of nitrogens with zero attached hydrogens (tertiary/aromatic N) is 1. The molecule has 2 nitrogen and oxygen atoms in total. The Labute approximate surface area is 86.2 Å². The Hall–Kier alpha value is 0.270. The van der Waals surface area contributed by atoms with Crippen molar-refractivity contribution in [2.45, 2.75) is 25.5 Å². The summed E-state index contributed by atoms with van der Waals surface area (Å²) in [6, 6.07) is 0. The smallest absolute Gasteiger partial charge is 0.0298 e. The summed E-state index contributed by atoms with van der Waals surface area (Å²) in [5.41, 5.74) is 5.67. The summed E-state index contributed by atoms with van der Waals surface area (Å²) in [6.45, 7) is 9.14. The Morgan fingerprint density at radius 3 is 2.92 bits per heavy atom. The minimum absolute atomic E-state index is 0.681.